The van der Waals surface area contributed by atoms with E-state index in [0.717, 1.165) is 31.5 Å². The fourth-order valence-corrected chi connectivity index (χ4v) is 3.12. The average molecular weight is 314 g/mol. The number of aliphatic hydroxyl groups excluding tert-OH is 1. The van der Waals surface area contributed by atoms with Gasteiger partial charge in [0.2, 0.25) is 10.0 Å². The van der Waals surface area contributed by atoms with Crippen molar-refractivity contribution >= 4 is 15.7 Å². The van der Waals surface area contributed by atoms with Crippen molar-refractivity contribution < 1.29 is 18.3 Å². The van der Waals surface area contributed by atoms with Crippen LogP contribution in [-0.4, -0.2) is 45.9 Å². The molecule has 0 atom stereocenters. The maximum atomic E-state index is 12.0. The first kappa shape index (κ1) is 16.2. The second-order valence-corrected chi connectivity index (χ2v) is 6.75. The highest BCUT2D eigenvalue weighted by Gasteiger charge is 2.27. The maximum Gasteiger partial charge on any atom is 0.240 e. The van der Waals surface area contributed by atoms with Crippen molar-refractivity contribution in [2.45, 2.75) is 30.2 Å². The van der Waals surface area contributed by atoms with Crippen LogP contribution >= 0.6 is 0 Å². The summed E-state index contributed by atoms with van der Waals surface area (Å²) in [4.78, 5) is 0.297. The molecule has 7 heteroatoms. The summed E-state index contributed by atoms with van der Waals surface area (Å²) in [5.74, 6) is 0. The van der Waals surface area contributed by atoms with Crippen LogP contribution in [0.2, 0.25) is 0 Å². The van der Waals surface area contributed by atoms with E-state index in [-0.39, 0.29) is 12.6 Å². The van der Waals surface area contributed by atoms with Crippen molar-refractivity contribution in [3.63, 3.8) is 0 Å². The lowest BCUT2D eigenvalue weighted by atomic mass is 10.3. The summed E-state index contributed by atoms with van der Waals surface area (Å²) in [7, 11) is -3.37. The van der Waals surface area contributed by atoms with Gasteiger partial charge in [-0.05, 0) is 43.5 Å². The molecule has 0 radical (unpaired) electrons. The minimum atomic E-state index is -3.37. The number of nitrogens with one attached hydrogen (secondary N) is 2. The van der Waals surface area contributed by atoms with Crippen LogP contribution in [0.25, 0.3) is 0 Å². The molecule has 0 aromatic heterocycles. The monoisotopic (exact) mass is 314 g/mol. The summed E-state index contributed by atoms with van der Waals surface area (Å²) in [5.41, 5.74) is 0.877. The van der Waals surface area contributed by atoms with Gasteiger partial charge in [0, 0.05) is 24.9 Å². The van der Waals surface area contributed by atoms with Gasteiger partial charge in [0.05, 0.1) is 18.1 Å². The third-order valence-corrected chi connectivity index (χ3v) is 4.63. The fourth-order valence-electron chi connectivity index (χ4n) is 1.81. The third-order valence-electron chi connectivity index (χ3n) is 3.09. The van der Waals surface area contributed by atoms with Crippen molar-refractivity contribution in [1.29, 1.82) is 0 Å². The van der Waals surface area contributed by atoms with Crippen LogP contribution in [0.15, 0.2) is 29.2 Å². The minimum Gasteiger partial charge on any atom is -0.394 e. The highest BCUT2D eigenvalue weighted by Crippen LogP contribution is 2.22. The van der Waals surface area contributed by atoms with E-state index in [1.165, 1.54) is 0 Å². The van der Waals surface area contributed by atoms with E-state index in [9.17, 15) is 8.42 Å². The molecule has 1 fully saturated rings. The predicted molar refractivity (Wildman–Crippen MR) is 80.8 cm³/mol. The zero-order valence-electron chi connectivity index (χ0n) is 11.9. The van der Waals surface area contributed by atoms with E-state index in [4.69, 9.17) is 9.84 Å². The van der Waals surface area contributed by atoms with Crippen molar-refractivity contribution in [3.05, 3.63) is 24.3 Å². The maximum absolute atomic E-state index is 12.0. The summed E-state index contributed by atoms with van der Waals surface area (Å²) in [6, 6.07) is 6.85. The summed E-state index contributed by atoms with van der Waals surface area (Å²) in [6.07, 6.45) is 2.68. The van der Waals surface area contributed by atoms with Crippen molar-refractivity contribution in [3.8, 4) is 0 Å². The second kappa shape index (κ2) is 7.74. The molecule has 0 aliphatic heterocycles. The molecular weight excluding hydrogens is 292 g/mol. The van der Waals surface area contributed by atoms with Gasteiger partial charge in [-0.1, -0.05) is 0 Å². The molecular formula is C14H22N2O4S. The molecule has 6 nitrogen and oxygen atoms in total. The van der Waals surface area contributed by atoms with Gasteiger partial charge < -0.3 is 15.2 Å². The highest BCUT2D eigenvalue weighted by molar-refractivity contribution is 7.89. The van der Waals surface area contributed by atoms with Crippen LogP contribution in [0.3, 0.4) is 0 Å². The first-order valence-corrected chi connectivity index (χ1v) is 8.65. The lowest BCUT2D eigenvalue weighted by Gasteiger charge is -2.09. The Morgan fingerprint density at radius 2 is 1.90 bits per heavy atom. The minimum absolute atomic E-state index is 0.0399. The fraction of sp³-hybridized carbons (Fsp3) is 0.571. The van der Waals surface area contributed by atoms with Crippen molar-refractivity contribution in [2.75, 3.05) is 31.7 Å². The topological polar surface area (TPSA) is 87.7 Å². The van der Waals surface area contributed by atoms with Crippen LogP contribution < -0.4 is 10.0 Å². The van der Waals surface area contributed by atoms with Crippen molar-refractivity contribution in [1.82, 2.24) is 4.72 Å². The van der Waals surface area contributed by atoms with E-state index < -0.39 is 10.0 Å². The first-order valence-electron chi connectivity index (χ1n) is 7.17. The zero-order chi connectivity index (χ0) is 15.1. The molecule has 0 amide bonds. The Kier molecular flexibility index (Phi) is 5.98. The Balaban J connectivity index is 1.76. The van der Waals surface area contributed by atoms with Gasteiger partial charge in [0.25, 0.3) is 0 Å². The van der Waals surface area contributed by atoms with Gasteiger partial charge in [-0.3, -0.25) is 0 Å². The van der Waals surface area contributed by atoms with E-state index in [2.05, 4.69) is 10.0 Å². The largest absolute Gasteiger partial charge is 0.394 e. The van der Waals surface area contributed by atoms with Gasteiger partial charge in [-0.15, -0.1) is 0 Å². The Morgan fingerprint density at radius 3 is 2.52 bits per heavy atom. The molecule has 21 heavy (non-hydrogen) atoms. The van der Waals surface area contributed by atoms with Gasteiger partial charge in [-0.2, -0.15) is 0 Å². The molecule has 3 N–H and O–H groups in total. The molecule has 1 aliphatic rings. The molecule has 0 heterocycles. The number of benzene rings is 1. The van der Waals surface area contributed by atoms with Gasteiger partial charge in [-0.25, -0.2) is 13.1 Å². The Labute approximate surface area is 125 Å². The van der Waals surface area contributed by atoms with E-state index in [1.54, 1.807) is 24.3 Å². The number of anilines is 1. The lowest BCUT2D eigenvalue weighted by molar-refractivity contribution is 0.0922. The Hall–Kier alpha value is -1.15. The SMILES string of the molecule is O=S(=O)(NC1CC1)c1ccc(NCCCOCCO)cc1. The number of hydrogen-bond acceptors (Lipinski definition) is 5. The average Bonchev–Trinajstić information content (AvgIpc) is 3.26. The Morgan fingerprint density at radius 1 is 1.19 bits per heavy atom. The number of ether oxygens (including phenoxy) is 1. The number of rotatable bonds is 10. The third kappa shape index (κ3) is 5.62. The van der Waals surface area contributed by atoms with E-state index >= 15 is 0 Å². The smallest absolute Gasteiger partial charge is 0.240 e. The molecule has 118 valence electrons. The predicted octanol–water partition coefficient (Wildman–Crippen LogP) is 0.938. The number of sulfonamides is 1. The van der Waals surface area contributed by atoms with Crippen LogP contribution in [0.4, 0.5) is 5.69 Å². The van der Waals surface area contributed by atoms with Crippen LogP contribution in [0.1, 0.15) is 19.3 Å². The lowest BCUT2D eigenvalue weighted by Crippen LogP contribution is -2.25. The Bertz CT molecular complexity index is 526. The molecule has 1 aromatic rings. The van der Waals surface area contributed by atoms with Gasteiger partial charge >= 0.3 is 0 Å². The molecule has 0 unspecified atom stereocenters. The van der Waals surface area contributed by atoms with Crippen LogP contribution in [0, 0.1) is 0 Å². The molecule has 2 rings (SSSR count). The molecule has 1 aliphatic carbocycles. The molecule has 0 saturated heterocycles. The first-order chi connectivity index (χ1) is 10.1. The zero-order valence-corrected chi connectivity index (χ0v) is 12.7. The van der Waals surface area contributed by atoms with Crippen LogP contribution in [-0.2, 0) is 14.8 Å². The quantitative estimate of drug-likeness (QED) is 0.559. The van der Waals surface area contributed by atoms with Gasteiger partial charge in [0.15, 0.2) is 0 Å². The summed E-state index contributed by atoms with van der Waals surface area (Å²) < 4.78 is 31.8. The second-order valence-electron chi connectivity index (χ2n) is 5.04. The molecule has 0 bridgehead atoms. The van der Waals surface area contributed by atoms with Crippen LogP contribution in [0.5, 0.6) is 0 Å². The highest BCUT2D eigenvalue weighted by atomic mass is 32.2. The van der Waals surface area contributed by atoms with Gasteiger partial charge in [0.1, 0.15) is 0 Å². The molecule has 0 spiro atoms. The summed E-state index contributed by atoms with van der Waals surface area (Å²) >= 11 is 0. The van der Waals surface area contributed by atoms with E-state index in [0.29, 0.717) is 18.1 Å². The standard InChI is InChI=1S/C14H22N2O4S/c17-9-11-20-10-1-8-15-12-4-6-14(7-5-12)21(18,19)16-13-2-3-13/h4-7,13,15-17H,1-3,8-11H2. The van der Waals surface area contributed by atoms with E-state index in [1.807, 2.05) is 0 Å². The molecule has 1 saturated carbocycles. The normalized spacial score (nSPS) is 15.1. The summed E-state index contributed by atoms with van der Waals surface area (Å²) in [6.45, 7) is 1.72. The molecule has 1 aromatic carbocycles. The number of hydrogen-bond donors (Lipinski definition) is 3. The number of aliphatic hydroxyl groups is 1. The van der Waals surface area contributed by atoms with Crippen molar-refractivity contribution in [2.24, 2.45) is 0 Å². The summed E-state index contributed by atoms with van der Waals surface area (Å²) in [5, 5.41) is 11.8.